The summed E-state index contributed by atoms with van der Waals surface area (Å²) in [4.78, 5) is 3.78. The largest absolute Gasteiger partial charge is 0.383 e. The van der Waals surface area contributed by atoms with Crippen LogP contribution in [0.2, 0.25) is 0 Å². The summed E-state index contributed by atoms with van der Waals surface area (Å²) in [6.45, 7) is 3.62. The number of nitrogens with zero attached hydrogens (tertiary/aromatic N) is 3. The van der Waals surface area contributed by atoms with Gasteiger partial charge in [-0.15, -0.1) is 6.58 Å². The average Bonchev–Trinajstić information content (AvgIpc) is 2.88. The van der Waals surface area contributed by atoms with Crippen molar-refractivity contribution in [3.05, 3.63) is 60.7 Å². The number of halogens is 2. The minimum Gasteiger partial charge on any atom is -0.383 e. The molecule has 0 amide bonds. The van der Waals surface area contributed by atoms with Crippen molar-refractivity contribution in [3.63, 3.8) is 0 Å². The maximum Gasteiger partial charge on any atom is 0.137 e. The number of rotatable bonds is 6. The molecular formula is C14H15F2N3O. The quantitative estimate of drug-likeness (QED) is 0.826. The molecule has 0 fully saturated rings. The summed E-state index contributed by atoms with van der Waals surface area (Å²) in [7, 11) is 0. The Morgan fingerprint density at radius 2 is 2.20 bits per heavy atom. The lowest BCUT2D eigenvalue weighted by molar-refractivity contribution is 0.00382. The third-order valence-corrected chi connectivity index (χ3v) is 3.08. The molecule has 0 aliphatic heterocycles. The molecule has 0 bridgehead atoms. The Hall–Kier alpha value is -2.08. The van der Waals surface area contributed by atoms with Crippen LogP contribution >= 0.6 is 0 Å². The Balaban J connectivity index is 2.36. The molecule has 0 aliphatic carbocycles. The van der Waals surface area contributed by atoms with Crippen LogP contribution in [0.4, 0.5) is 8.78 Å². The minimum absolute atomic E-state index is 0.0311. The predicted molar refractivity (Wildman–Crippen MR) is 69.7 cm³/mol. The molecule has 1 aromatic carbocycles. The third-order valence-electron chi connectivity index (χ3n) is 3.08. The molecule has 106 valence electrons. The highest BCUT2D eigenvalue weighted by Crippen LogP contribution is 2.31. The standard InChI is InChI=1S/C14H15F2N3O/c1-2-3-6-14(20,8-19-10-17-9-18-19)12-5-4-11(15)7-13(12)16/h2,4-5,7,9-10,20H,1,3,6,8H2. The highest BCUT2D eigenvalue weighted by Gasteiger charge is 2.32. The van der Waals surface area contributed by atoms with Gasteiger partial charge in [0.15, 0.2) is 0 Å². The van der Waals surface area contributed by atoms with Crippen LogP contribution in [0.1, 0.15) is 18.4 Å². The van der Waals surface area contributed by atoms with Crippen molar-refractivity contribution in [1.82, 2.24) is 14.8 Å². The second kappa shape index (κ2) is 5.92. The predicted octanol–water partition coefficient (Wildman–Crippen LogP) is 2.41. The summed E-state index contributed by atoms with van der Waals surface area (Å²) in [5.74, 6) is -1.46. The number of benzene rings is 1. The number of aliphatic hydroxyl groups is 1. The molecule has 1 heterocycles. The zero-order valence-electron chi connectivity index (χ0n) is 10.8. The van der Waals surface area contributed by atoms with E-state index in [0.29, 0.717) is 6.42 Å². The third kappa shape index (κ3) is 3.08. The summed E-state index contributed by atoms with van der Waals surface area (Å²) in [6, 6.07) is 3.14. The van der Waals surface area contributed by atoms with Crippen LogP contribution in [0, 0.1) is 11.6 Å². The summed E-state index contributed by atoms with van der Waals surface area (Å²) in [5, 5.41) is 14.7. The van der Waals surface area contributed by atoms with Crippen LogP contribution in [0.15, 0.2) is 43.5 Å². The first-order valence-electron chi connectivity index (χ1n) is 6.16. The van der Waals surface area contributed by atoms with Crippen molar-refractivity contribution in [3.8, 4) is 0 Å². The molecule has 1 N–H and O–H groups in total. The van der Waals surface area contributed by atoms with Crippen LogP contribution < -0.4 is 0 Å². The number of hydrogen-bond acceptors (Lipinski definition) is 3. The monoisotopic (exact) mass is 279 g/mol. The van der Waals surface area contributed by atoms with Gasteiger partial charge in [-0.1, -0.05) is 12.1 Å². The van der Waals surface area contributed by atoms with Gasteiger partial charge in [-0.25, -0.2) is 18.4 Å². The Morgan fingerprint density at radius 1 is 1.40 bits per heavy atom. The zero-order chi connectivity index (χ0) is 14.6. The van der Waals surface area contributed by atoms with E-state index in [9.17, 15) is 13.9 Å². The lowest BCUT2D eigenvalue weighted by atomic mass is 9.88. The maximum absolute atomic E-state index is 13.9. The lowest BCUT2D eigenvalue weighted by Crippen LogP contribution is -2.32. The van der Waals surface area contributed by atoms with E-state index in [0.717, 1.165) is 12.1 Å². The molecule has 0 radical (unpaired) electrons. The molecule has 4 nitrogen and oxygen atoms in total. The second-order valence-electron chi connectivity index (χ2n) is 4.58. The van der Waals surface area contributed by atoms with E-state index in [2.05, 4.69) is 16.7 Å². The van der Waals surface area contributed by atoms with Crippen molar-refractivity contribution >= 4 is 0 Å². The summed E-state index contributed by atoms with van der Waals surface area (Å²) >= 11 is 0. The molecule has 1 unspecified atom stereocenters. The van der Waals surface area contributed by atoms with E-state index in [4.69, 9.17) is 0 Å². The number of allylic oxidation sites excluding steroid dienone is 1. The average molecular weight is 279 g/mol. The first-order chi connectivity index (χ1) is 9.55. The molecule has 2 aromatic rings. The number of hydrogen-bond donors (Lipinski definition) is 1. The van der Waals surface area contributed by atoms with E-state index in [-0.39, 0.29) is 18.5 Å². The van der Waals surface area contributed by atoms with Crippen LogP contribution in [-0.4, -0.2) is 19.9 Å². The topological polar surface area (TPSA) is 50.9 Å². The van der Waals surface area contributed by atoms with Gasteiger partial charge < -0.3 is 5.11 Å². The van der Waals surface area contributed by atoms with Gasteiger partial charge in [-0.05, 0) is 18.9 Å². The molecule has 20 heavy (non-hydrogen) atoms. The van der Waals surface area contributed by atoms with Gasteiger partial charge in [-0.3, -0.25) is 0 Å². The van der Waals surface area contributed by atoms with E-state index >= 15 is 0 Å². The molecule has 1 atom stereocenters. The molecule has 0 saturated carbocycles. The van der Waals surface area contributed by atoms with Crippen LogP contribution in [0.3, 0.4) is 0 Å². The van der Waals surface area contributed by atoms with Gasteiger partial charge in [0.2, 0.25) is 0 Å². The minimum atomic E-state index is -1.50. The van der Waals surface area contributed by atoms with E-state index in [1.807, 2.05) is 0 Å². The van der Waals surface area contributed by atoms with Crippen molar-refractivity contribution in [2.24, 2.45) is 0 Å². The van der Waals surface area contributed by atoms with Crippen molar-refractivity contribution < 1.29 is 13.9 Å². The first-order valence-corrected chi connectivity index (χ1v) is 6.16. The van der Waals surface area contributed by atoms with Crippen LogP contribution in [0.5, 0.6) is 0 Å². The van der Waals surface area contributed by atoms with E-state index < -0.39 is 17.2 Å². The number of aromatic nitrogens is 3. The molecule has 0 spiro atoms. The van der Waals surface area contributed by atoms with E-state index in [1.165, 1.54) is 23.4 Å². The molecule has 1 aromatic heterocycles. The van der Waals surface area contributed by atoms with Gasteiger partial charge in [0, 0.05) is 11.6 Å². The van der Waals surface area contributed by atoms with Crippen molar-refractivity contribution in [1.29, 1.82) is 0 Å². The SMILES string of the molecule is C=CCCC(O)(Cn1cncn1)c1ccc(F)cc1F. The maximum atomic E-state index is 13.9. The molecule has 2 rings (SSSR count). The molecular weight excluding hydrogens is 264 g/mol. The second-order valence-corrected chi connectivity index (χ2v) is 4.58. The van der Waals surface area contributed by atoms with Gasteiger partial charge >= 0.3 is 0 Å². The molecule has 0 saturated heterocycles. The summed E-state index contributed by atoms with van der Waals surface area (Å²) in [6.07, 6.45) is 5.13. The van der Waals surface area contributed by atoms with Gasteiger partial charge in [0.1, 0.15) is 29.9 Å². The van der Waals surface area contributed by atoms with Gasteiger partial charge in [-0.2, -0.15) is 5.10 Å². The normalized spacial score (nSPS) is 13.9. The smallest absolute Gasteiger partial charge is 0.137 e. The fourth-order valence-corrected chi connectivity index (χ4v) is 2.09. The Labute approximate surface area is 115 Å². The van der Waals surface area contributed by atoms with Gasteiger partial charge in [0.05, 0.1) is 6.54 Å². The van der Waals surface area contributed by atoms with Crippen LogP contribution in [0.25, 0.3) is 0 Å². The van der Waals surface area contributed by atoms with E-state index in [1.54, 1.807) is 6.08 Å². The fraction of sp³-hybridized carbons (Fsp3) is 0.286. The fourth-order valence-electron chi connectivity index (χ4n) is 2.09. The lowest BCUT2D eigenvalue weighted by Gasteiger charge is -2.28. The molecule has 0 aliphatic rings. The van der Waals surface area contributed by atoms with Crippen molar-refractivity contribution in [2.75, 3.05) is 0 Å². The highest BCUT2D eigenvalue weighted by molar-refractivity contribution is 5.25. The van der Waals surface area contributed by atoms with Gasteiger partial charge in [0.25, 0.3) is 0 Å². The summed E-state index contributed by atoms with van der Waals surface area (Å²) < 4.78 is 28.3. The highest BCUT2D eigenvalue weighted by atomic mass is 19.1. The Kier molecular flexibility index (Phi) is 4.24. The zero-order valence-corrected chi connectivity index (χ0v) is 10.8. The Morgan fingerprint density at radius 3 is 2.80 bits per heavy atom. The van der Waals surface area contributed by atoms with Crippen LogP contribution in [-0.2, 0) is 12.1 Å². The summed E-state index contributed by atoms with van der Waals surface area (Å²) in [5.41, 5.74) is -1.46. The Bertz CT molecular complexity index is 586. The molecule has 6 heteroatoms. The first kappa shape index (κ1) is 14.3. The van der Waals surface area contributed by atoms with Crippen molar-refractivity contribution in [2.45, 2.75) is 25.0 Å².